The monoisotopic (exact) mass is 469 g/mol. The van der Waals surface area contributed by atoms with Crippen LogP contribution in [-0.4, -0.2) is 69.5 Å². The van der Waals surface area contributed by atoms with Gasteiger partial charge in [0.2, 0.25) is 5.91 Å². The van der Waals surface area contributed by atoms with Gasteiger partial charge in [-0.1, -0.05) is 34.6 Å². The van der Waals surface area contributed by atoms with E-state index in [-0.39, 0.29) is 43.6 Å². The quantitative estimate of drug-likeness (QED) is 0.165. The molecule has 0 rings (SSSR count). The molecule has 0 fully saturated rings. The van der Waals surface area contributed by atoms with Crippen LogP contribution in [0.3, 0.4) is 0 Å². The smallest absolute Gasteiger partial charge is 0.434 e. The normalized spacial score (nSPS) is 13.9. The van der Waals surface area contributed by atoms with Crippen molar-refractivity contribution in [1.82, 2.24) is 5.32 Å². The van der Waals surface area contributed by atoms with Crippen molar-refractivity contribution in [3.63, 3.8) is 0 Å². The predicted octanol–water partition coefficient (Wildman–Crippen LogP) is 1.33. The van der Waals surface area contributed by atoms with E-state index in [9.17, 15) is 27.9 Å². The van der Waals surface area contributed by atoms with Gasteiger partial charge in [0, 0.05) is 25.3 Å². The fourth-order valence-corrected chi connectivity index (χ4v) is 3.07. The van der Waals surface area contributed by atoms with Crippen LogP contribution in [0.15, 0.2) is 0 Å². The van der Waals surface area contributed by atoms with Crippen molar-refractivity contribution in [2.75, 3.05) is 25.5 Å². The van der Waals surface area contributed by atoms with Gasteiger partial charge in [-0.25, -0.2) is 9.59 Å². The van der Waals surface area contributed by atoms with Gasteiger partial charge in [0.05, 0.1) is 19.0 Å². The molecule has 0 aromatic rings. The molecule has 0 aromatic heterocycles. The fraction of sp³-hybridized carbons (Fsp3) is 0.842. The molecule has 0 spiro atoms. The average Bonchev–Trinajstić information content (AvgIpc) is 2.67. The van der Waals surface area contributed by atoms with Crippen LogP contribution in [0.1, 0.15) is 54.4 Å². The molecular formula is C19H35NO10S. The third-order valence-electron chi connectivity index (χ3n) is 3.86. The minimum Gasteiger partial charge on any atom is -0.434 e. The Balaban J connectivity index is 4.68. The molecule has 0 aliphatic heterocycles. The number of aliphatic hydroxyl groups excluding tert-OH is 1. The number of hydrogen-bond acceptors (Lipinski definition) is 10. The molecule has 0 saturated heterocycles. The first-order chi connectivity index (χ1) is 14.2. The Kier molecular flexibility index (Phi) is 12.6. The van der Waals surface area contributed by atoms with E-state index in [4.69, 9.17) is 18.4 Å². The largest absolute Gasteiger partial charge is 0.511 e. The first-order valence-electron chi connectivity index (χ1n) is 10.0. The summed E-state index contributed by atoms with van der Waals surface area (Å²) in [5, 5.41) is 12.8. The molecule has 0 aromatic carbocycles. The van der Waals surface area contributed by atoms with Gasteiger partial charge in [-0.2, -0.15) is 8.42 Å². The molecule has 11 nitrogen and oxygen atoms in total. The van der Waals surface area contributed by atoms with Gasteiger partial charge in [-0.05, 0) is 12.3 Å². The first kappa shape index (κ1) is 29.1. The predicted molar refractivity (Wildman–Crippen MR) is 110 cm³/mol. The molecule has 2 atom stereocenters. The standard InChI is InChI=1S/C19H35NO10S/c1-7-15(30-18(24)27-11-13(2)3)29-17(23)16(22)19(5,6)12-28-31(25,26)10-8-9-20-14(4)21/h13,15-16,22H,7-12H2,1-6H3,(H,20,21)/t15?,16-/m0/s1. The Morgan fingerprint density at radius 2 is 1.74 bits per heavy atom. The molecule has 12 heteroatoms. The van der Waals surface area contributed by atoms with Gasteiger partial charge in [-0.3, -0.25) is 8.98 Å². The molecule has 31 heavy (non-hydrogen) atoms. The van der Waals surface area contributed by atoms with Crippen molar-refractivity contribution in [2.24, 2.45) is 11.3 Å². The van der Waals surface area contributed by atoms with Crippen LogP contribution in [0.5, 0.6) is 0 Å². The highest BCUT2D eigenvalue weighted by Crippen LogP contribution is 2.24. The molecule has 182 valence electrons. The van der Waals surface area contributed by atoms with Gasteiger partial charge < -0.3 is 24.6 Å². The van der Waals surface area contributed by atoms with Crippen LogP contribution in [0.4, 0.5) is 4.79 Å². The lowest BCUT2D eigenvalue weighted by Crippen LogP contribution is -2.43. The Hall–Kier alpha value is -1.92. The van der Waals surface area contributed by atoms with Crippen molar-refractivity contribution in [3.8, 4) is 0 Å². The minimum atomic E-state index is -3.93. The van der Waals surface area contributed by atoms with Crippen LogP contribution in [0, 0.1) is 11.3 Å². The highest BCUT2D eigenvalue weighted by atomic mass is 32.2. The lowest BCUT2D eigenvalue weighted by atomic mass is 9.88. The maximum absolute atomic E-state index is 12.3. The van der Waals surface area contributed by atoms with E-state index < -0.39 is 46.7 Å². The molecule has 0 saturated carbocycles. The Morgan fingerprint density at radius 1 is 1.13 bits per heavy atom. The van der Waals surface area contributed by atoms with E-state index in [1.165, 1.54) is 20.8 Å². The van der Waals surface area contributed by atoms with Crippen molar-refractivity contribution < 1.29 is 46.3 Å². The van der Waals surface area contributed by atoms with Crippen LogP contribution in [0.25, 0.3) is 0 Å². The van der Waals surface area contributed by atoms with Crippen molar-refractivity contribution >= 4 is 28.1 Å². The molecule has 0 heterocycles. The number of amides is 1. The molecule has 0 aliphatic carbocycles. The van der Waals surface area contributed by atoms with Crippen molar-refractivity contribution in [1.29, 1.82) is 0 Å². The highest BCUT2D eigenvalue weighted by molar-refractivity contribution is 7.86. The molecule has 1 amide bonds. The summed E-state index contributed by atoms with van der Waals surface area (Å²) in [6, 6.07) is 0. The van der Waals surface area contributed by atoms with Crippen LogP contribution in [0.2, 0.25) is 0 Å². The van der Waals surface area contributed by atoms with E-state index in [0.717, 1.165) is 0 Å². The third kappa shape index (κ3) is 13.2. The zero-order valence-electron chi connectivity index (χ0n) is 19.0. The van der Waals surface area contributed by atoms with Crippen LogP contribution in [-0.2, 0) is 38.1 Å². The minimum absolute atomic E-state index is 0.0967. The van der Waals surface area contributed by atoms with E-state index >= 15 is 0 Å². The summed E-state index contributed by atoms with van der Waals surface area (Å²) in [6.07, 6.45) is -3.75. The Labute approximate surface area is 183 Å². The topological polar surface area (TPSA) is 155 Å². The number of aliphatic hydroxyl groups is 1. The summed E-state index contributed by atoms with van der Waals surface area (Å²) >= 11 is 0. The van der Waals surface area contributed by atoms with Gasteiger partial charge >= 0.3 is 12.1 Å². The molecule has 0 aliphatic rings. The molecular weight excluding hydrogens is 434 g/mol. The summed E-state index contributed by atoms with van der Waals surface area (Å²) in [5.74, 6) is -1.61. The maximum atomic E-state index is 12.3. The average molecular weight is 470 g/mol. The first-order valence-corrected chi connectivity index (χ1v) is 11.6. The lowest BCUT2D eigenvalue weighted by molar-refractivity contribution is -0.187. The number of carbonyl (C=O) groups is 3. The molecule has 1 unspecified atom stereocenters. The zero-order chi connectivity index (χ0) is 24.2. The Bertz CT molecular complexity index is 690. The summed E-state index contributed by atoms with van der Waals surface area (Å²) in [6.45, 7) is 9.26. The number of rotatable bonds is 14. The Morgan fingerprint density at radius 3 is 2.26 bits per heavy atom. The van der Waals surface area contributed by atoms with Gasteiger partial charge in [0.15, 0.2) is 6.10 Å². The summed E-state index contributed by atoms with van der Waals surface area (Å²) in [4.78, 5) is 34.7. The van der Waals surface area contributed by atoms with Gasteiger partial charge in [-0.15, -0.1) is 0 Å². The number of hydrogen-bond donors (Lipinski definition) is 2. The highest BCUT2D eigenvalue weighted by Gasteiger charge is 2.38. The fourth-order valence-electron chi connectivity index (χ4n) is 1.97. The van der Waals surface area contributed by atoms with Crippen molar-refractivity contribution in [2.45, 2.75) is 66.8 Å². The number of nitrogens with one attached hydrogen (secondary N) is 1. The van der Waals surface area contributed by atoms with Crippen molar-refractivity contribution in [3.05, 3.63) is 0 Å². The number of esters is 1. The summed E-state index contributed by atoms with van der Waals surface area (Å²) < 4.78 is 43.6. The second-order valence-electron chi connectivity index (χ2n) is 8.10. The number of carbonyl (C=O) groups excluding carboxylic acids is 3. The molecule has 0 radical (unpaired) electrons. The third-order valence-corrected chi connectivity index (χ3v) is 5.13. The number of ether oxygens (including phenoxy) is 3. The maximum Gasteiger partial charge on any atom is 0.511 e. The van der Waals surface area contributed by atoms with E-state index in [2.05, 4.69) is 5.32 Å². The SMILES string of the molecule is CCC(OC(=O)OCC(C)C)OC(=O)[C@H](O)C(C)(C)COS(=O)(=O)CCCNC(C)=O. The molecule has 2 N–H and O–H groups in total. The van der Waals surface area contributed by atoms with E-state index in [0.29, 0.717) is 0 Å². The van der Waals surface area contributed by atoms with E-state index in [1.54, 1.807) is 6.92 Å². The summed E-state index contributed by atoms with van der Waals surface area (Å²) in [7, 11) is -3.93. The second kappa shape index (κ2) is 13.5. The second-order valence-corrected chi connectivity index (χ2v) is 9.86. The summed E-state index contributed by atoms with van der Waals surface area (Å²) in [5.41, 5.74) is -1.32. The van der Waals surface area contributed by atoms with Crippen LogP contribution >= 0.6 is 0 Å². The van der Waals surface area contributed by atoms with Crippen LogP contribution < -0.4 is 5.32 Å². The van der Waals surface area contributed by atoms with Gasteiger partial charge in [0.1, 0.15) is 0 Å². The van der Waals surface area contributed by atoms with Gasteiger partial charge in [0.25, 0.3) is 16.4 Å². The lowest BCUT2D eigenvalue weighted by Gasteiger charge is -2.29. The zero-order valence-corrected chi connectivity index (χ0v) is 19.8. The van der Waals surface area contributed by atoms with E-state index in [1.807, 2.05) is 13.8 Å². The molecule has 0 bridgehead atoms.